The quantitative estimate of drug-likeness (QED) is 0.341. The third-order valence-corrected chi connectivity index (χ3v) is 3.41. The van der Waals surface area contributed by atoms with Gasteiger partial charge < -0.3 is 26.8 Å². The molecule has 5 nitrogen and oxygen atoms in total. The van der Waals surface area contributed by atoms with Crippen molar-refractivity contribution in [3.05, 3.63) is 0 Å². The smallest absolute Gasteiger partial charge is 0.0431 e. The van der Waals surface area contributed by atoms with Crippen molar-refractivity contribution in [2.45, 2.75) is 44.1 Å². The Kier molecular flexibility index (Phi) is 9.68. The van der Waals surface area contributed by atoms with Gasteiger partial charge in [0.05, 0.1) is 0 Å². The van der Waals surface area contributed by atoms with Crippen LogP contribution in [0.15, 0.2) is 0 Å². The summed E-state index contributed by atoms with van der Waals surface area (Å²) in [6, 6.07) is 0. The number of nitrogens with two attached hydrogens (primary N) is 2. The Labute approximate surface area is 104 Å². The predicted molar refractivity (Wildman–Crippen MR) is 68.4 cm³/mol. The van der Waals surface area contributed by atoms with Gasteiger partial charge in [0.2, 0.25) is 0 Å². The Morgan fingerprint density at radius 3 is 1.71 bits per heavy atom. The molecule has 0 amide bonds. The Balaban J connectivity index is 4.46. The highest BCUT2D eigenvalue weighted by Gasteiger charge is 2.32. The van der Waals surface area contributed by atoms with E-state index >= 15 is 0 Å². The zero-order valence-electron chi connectivity index (χ0n) is 10.6. The molecule has 0 aromatic heterocycles. The molecule has 0 aliphatic heterocycles. The summed E-state index contributed by atoms with van der Waals surface area (Å²) in [6.07, 6.45) is 4.20. The molecule has 1 atom stereocenters. The van der Waals surface area contributed by atoms with E-state index in [1.54, 1.807) is 0 Å². The summed E-state index contributed by atoms with van der Waals surface area (Å²) in [6.45, 7) is 0.866. The van der Waals surface area contributed by atoms with Gasteiger partial charge in [-0.25, -0.2) is 0 Å². The molecule has 0 radical (unpaired) electrons. The summed E-state index contributed by atoms with van der Waals surface area (Å²) in [4.78, 5) is 0. The molecule has 0 saturated heterocycles. The molecule has 0 rings (SSSR count). The van der Waals surface area contributed by atoms with Crippen LogP contribution in [0.4, 0.5) is 0 Å². The van der Waals surface area contributed by atoms with Crippen LogP contribution in [0.1, 0.15) is 38.5 Å². The lowest BCUT2D eigenvalue weighted by Gasteiger charge is -2.37. The molecule has 0 bridgehead atoms. The van der Waals surface area contributed by atoms with Gasteiger partial charge in [-0.3, -0.25) is 0 Å². The highest BCUT2D eigenvalue weighted by atomic mass is 16.3. The second-order valence-electron chi connectivity index (χ2n) is 4.69. The third kappa shape index (κ3) is 6.33. The maximum Gasteiger partial charge on any atom is 0.0431 e. The zero-order valence-corrected chi connectivity index (χ0v) is 10.6. The molecule has 0 spiro atoms. The average molecular weight is 248 g/mol. The van der Waals surface area contributed by atoms with Crippen molar-refractivity contribution >= 4 is 0 Å². The van der Waals surface area contributed by atoms with E-state index in [4.69, 9.17) is 26.8 Å². The summed E-state index contributed by atoms with van der Waals surface area (Å²) in [7, 11) is 0. The molecule has 17 heavy (non-hydrogen) atoms. The fourth-order valence-corrected chi connectivity index (χ4v) is 2.33. The first-order valence-corrected chi connectivity index (χ1v) is 6.46. The largest absolute Gasteiger partial charge is 0.396 e. The van der Waals surface area contributed by atoms with Gasteiger partial charge >= 0.3 is 0 Å². The molecule has 104 valence electrons. The van der Waals surface area contributed by atoms with Gasteiger partial charge in [0.15, 0.2) is 0 Å². The van der Waals surface area contributed by atoms with Crippen LogP contribution in [0.25, 0.3) is 0 Å². The van der Waals surface area contributed by atoms with Crippen LogP contribution in [0, 0.1) is 5.92 Å². The number of aliphatic hydroxyl groups is 3. The maximum absolute atomic E-state index is 8.91. The van der Waals surface area contributed by atoms with Gasteiger partial charge in [-0.05, 0) is 51.0 Å². The van der Waals surface area contributed by atoms with Gasteiger partial charge in [0.25, 0.3) is 0 Å². The van der Waals surface area contributed by atoms with Gasteiger partial charge in [0.1, 0.15) is 0 Å². The van der Waals surface area contributed by atoms with Crippen LogP contribution in [0.5, 0.6) is 0 Å². The number of rotatable bonds is 11. The molecule has 1 unspecified atom stereocenters. The van der Waals surface area contributed by atoms with E-state index in [1.807, 2.05) is 0 Å². The van der Waals surface area contributed by atoms with Crippen molar-refractivity contribution in [3.63, 3.8) is 0 Å². The van der Waals surface area contributed by atoms with Gasteiger partial charge in [0, 0.05) is 25.4 Å². The normalized spacial score (nSPS) is 13.9. The lowest BCUT2D eigenvalue weighted by Crippen LogP contribution is -2.50. The fraction of sp³-hybridized carbons (Fsp3) is 1.00. The minimum atomic E-state index is -0.435. The van der Waals surface area contributed by atoms with Crippen LogP contribution >= 0.6 is 0 Å². The second kappa shape index (κ2) is 9.79. The monoisotopic (exact) mass is 248 g/mol. The van der Waals surface area contributed by atoms with E-state index in [-0.39, 0.29) is 25.7 Å². The van der Waals surface area contributed by atoms with Crippen LogP contribution in [0.2, 0.25) is 0 Å². The van der Waals surface area contributed by atoms with Crippen LogP contribution in [-0.4, -0.2) is 47.2 Å². The summed E-state index contributed by atoms with van der Waals surface area (Å²) >= 11 is 0. The Hall–Kier alpha value is -0.200. The molecular weight excluding hydrogens is 220 g/mol. The lowest BCUT2D eigenvalue weighted by atomic mass is 9.75. The topological polar surface area (TPSA) is 113 Å². The Bertz CT molecular complexity index is 171. The molecule has 0 fully saturated rings. The van der Waals surface area contributed by atoms with E-state index in [1.165, 1.54) is 0 Å². The van der Waals surface area contributed by atoms with Crippen LogP contribution in [0.3, 0.4) is 0 Å². The minimum Gasteiger partial charge on any atom is -0.396 e. The third-order valence-electron chi connectivity index (χ3n) is 3.41. The highest BCUT2D eigenvalue weighted by molar-refractivity contribution is 4.91. The molecule has 0 aliphatic rings. The molecule has 0 heterocycles. The van der Waals surface area contributed by atoms with Gasteiger partial charge in [-0.1, -0.05) is 0 Å². The average Bonchev–Trinajstić information content (AvgIpc) is 2.35. The maximum atomic E-state index is 8.91. The first-order valence-electron chi connectivity index (χ1n) is 6.46. The molecular formula is C12H28N2O3. The summed E-state index contributed by atoms with van der Waals surface area (Å²) in [5.74, 6) is 0.132. The summed E-state index contributed by atoms with van der Waals surface area (Å²) in [5.41, 5.74) is 11.7. The van der Waals surface area contributed by atoms with Crippen molar-refractivity contribution in [3.8, 4) is 0 Å². The van der Waals surface area contributed by atoms with Crippen LogP contribution in [-0.2, 0) is 0 Å². The standard InChI is InChI=1S/C12H28N2O3/c13-10-11(4-1-7-15)12(14,5-2-8-16)6-3-9-17/h11,15-17H,1-10,13-14H2. The van der Waals surface area contributed by atoms with Crippen molar-refractivity contribution < 1.29 is 15.3 Å². The van der Waals surface area contributed by atoms with Gasteiger partial charge in [-0.2, -0.15) is 0 Å². The molecule has 5 heteroatoms. The zero-order chi connectivity index (χ0) is 13.1. The lowest BCUT2D eigenvalue weighted by molar-refractivity contribution is 0.168. The summed E-state index contributed by atoms with van der Waals surface area (Å²) < 4.78 is 0. The van der Waals surface area contributed by atoms with E-state index in [0.717, 1.165) is 6.42 Å². The molecule has 0 aromatic carbocycles. The van der Waals surface area contributed by atoms with Crippen molar-refractivity contribution in [2.75, 3.05) is 26.4 Å². The number of hydrogen-bond donors (Lipinski definition) is 5. The Morgan fingerprint density at radius 1 is 0.882 bits per heavy atom. The van der Waals surface area contributed by atoms with E-state index in [2.05, 4.69) is 0 Å². The molecule has 0 aromatic rings. The number of aliphatic hydroxyl groups excluding tert-OH is 3. The second-order valence-corrected chi connectivity index (χ2v) is 4.69. The fourth-order valence-electron chi connectivity index (χ4n) is 2.33. The highest BCUT2D eigenvalue weighted by Crippen LogP contribution is 2.28. The first kappa shape index (κ1) is 16.8. The predicted octanol–water partition coefficient (Wildman–Crippen LogP) is -0.424. The van der Waals surface area contributed by atoms with Crippen molar-refractivity contribution in [1.29, 1.82) is 0 Å². The molecule has 0 saturated carbocycles. The summed E-state index contributed by atoms with van der Waals surface area (Å²) in [5, 5.41) is 26.7. The SMILES string of the molecule is NCC(CCCO)C(N)(CCCO)CCCO. The molecule has 7 N–H and O–H groups in total. The van der Waals surface area contributed by atoms with Gasteiger partial charge in [-0.15, -0.1) is 0 Å². The molecule has 0 aliphatic carbocycles. The number of hydrogen-bond acceptors (Lipinski definition) is 5. The van der Waals surface area contributed by atoms with Crippen molar-refractivity contribution in [1.82, 2.24) is 0 Å². The first-order chi connectivity index (χ1) is 8.14. The van der Waals surface area contributed by atoms with E-state index in [9.17, 15) is 0 Å². The minimum absolute atomic E-state index is 0.120. The Morgan fingerprint density at radius 2 is 1.35 bits per heavy atom. The van der Waals surface area contributed by atoms with E-state index < -0.39 is 5.54 Å². The van der Waals surface area contributed by atoms with Crippen LogP contribution < -0.4 is 11.5 Å². The van der Waals surface area contributed by atoms with E-state index in [0.29, 0.717) is 38.6 Å². The van der Waals surface area contributed by atoms with Crippen molar-refractivity contribution in [2.24, 2.45) is 17.4 Å².